The number of methoxy groups -OCH3 is 1. The van der Waals surface area contributed by atoms with Crippen molar-refractivity contribution < 1.29 is 9.53 Å². The first kappa shape index (κ1) is 9.90. The maximum absolute atomic E-state index is 9.59. The second kappa shape index (κ2) is 9.23. The molecule has 0 saturated heterocycles. The highest BCUT2D eigenvalue weighted by Crippen LogP contribution is 1.60. The van der Waals surface area contributed by atoms with Crippen LogP contribution in [0.1, 0.15) is 6.92 Å². The molecule has 0 atom stereocenters. The van der Waals surface area contributed by atoms with Crippen LogP contribution in [0.25, 0.3) is 0 Å². The number of alkyl halides is 1. The van der Waals surface area contributed by atoms with Gasteiger partial charge in [-0.1, -0.05) is 0 Å². The molecule has 0 aliphatic rings. The lowest BCUT2D eigenvalue weighted by molar-refractivity contribution is -0.137. The van der Waals surface area contributed by atoms with Crippen LogP contribution in [0, 0.1) is 0 Å². The Morgan fingerprint density at radius 3 is 1.71 bits per heavy atom. The molecule has 0 aliphatic heterocycles. The van der Waals surface area contributed by atoms with E-state index in [2.05, 4.69) is 16.3 Å². The van der Waals surface area contributed by atoms with E-state index in [4.69, 9.17) is 0 Å². The van der Waals surface area contributed by atoms with Crippen LogP contribution < -0.4 is 0 Å². The van der Waals surface area contributed by atoms with Crippen molar-refractivity contribution in [3.05, 3.63) is 0 Å². The van der Waals surface area contributed by atoms with Crippen LogP contribution in [0.4, 0.5) is 0 Å². The molecule has 0 fully saturated rings. The number of ether oxygens (including phenoxy) is 1. The molecule has 0 heterocycles. The number of rotatable bonds is 0. The van der Waals surface area contributed by atoms with Crippen molar-refractivity contribution in [3.8, 4) is 0 Å². The van der Waals surface area contributed by atoms with Gasteiger partial charge in [0.15, 0.2) is 0 Å². The predicted molar refractivity (Wildman–Crippen MR) is 29.5 cm³/mol. The van der Waals surface area contributed by atoms with Crippen molar-refractivity contribution in [2.75, 3.05) is 13.5 Å². The van der Waals surface area contributed by atoms with Gasteiger partial charge in [-0.3, -0.25) is 4.79 Å². The number of carbonyl (C=O) groups excluding carboxylic acids is 1. The Balaban J connectivity index is 0. The van der Waals surface area contributed by atoms with E-state index in [1.165, 1.54) is 20.4 Å². The zero-order chi connectivity index (χ0) is 6.28. The third kappa shape index (κ3) is 26.3. The number of hydrogen-bond acceptors (Lipinski definition) is 2. The summed E-state index contributed by atoms with van der Waals surface area (Å²) in [7, 11) is 1.35. The largest absolute Gasteiger partial charge is 0.469 e. The van der Waals surface area contributed by atoms with Gasteiger partial charge in [-0.05, 0) is 0 Å². The van der Waals surface area contributed by atoms with E-state index < -0.39 is 0 Å². The molecular formula is C4H9ClO2. The van der Waals surface area contributed by atoms with Crippen molar-refractivity contribution in [1.82, 2.24) is 0 Å². The summed E-state index contributed by atoms with van der Waals surface area (Å²) >= 11 is 4.64. The molecule has 7 heavy (non-hydrogen) atoms. The molecule has 2 nitrogen and oxygen atoms in total. The molecule has 0 aromatic heterocycles. The molecule has 0 amide bonds. The quantitative estimate of drug-likeness (QED) is 0.356. The van der Waals surface area contributed by atoms with Crippen LogP contribution in [-0.2, 0) is 9.53 Å². The van der Waals surface area contributed by atoms with Gasteiger partial charge in [0.05, 0.1) is 7.11 Å². The average Bonchev–Trinajstić information content (AvgIpc) is 1.73. The van der Waals surface area contributed by atoms with Crippen molar-refractivity contribution >= 4 is 17.6 Å². The van der Waals surface area contributed by atoms with E-state index >= 15 is 0 Å². The molecule has 0 bridgehead atoms. The Labute approximate surface area is 48.4 Å². The van der Waals surface area contributed by atoms with Crippen LogP contribution in [0.15, 0.2) is 0 Å². The second-order valence-electron chi connectivity index (χ2n) is 0.696. The summed E-state index contributed by atoms with van der Waals surface area (Å²) in [4.78, 5) is 9.59. The summed E-state index contributed by atoms with van der Waals surface area (Å²) in [6, 6.07) is 0. The van der Waals surface area contributed by atoms with Crippen LogP contribution in [0.3, 0.4) is 0 Å². The third-order valence-electron chi connectivity index (χ3n) is 0.287. The molecule has 44 valence electrons. The summed E-state index contributed by atoms with van der Waals surface area (Å²) in [5.41, 5.74) is 0. The molecule has 0 spiro atoms. The zero-order valence-corrected chi connectivity index (χ0v) is 5.45. The minimum atomic E-state index is -0.245. The van der Waals surface area contributed by atoms with E-state index in [1.807, 2.05) is 0 Å². The van der Waals surface area contributed by atoms with Crippen LogP contribution in [0.5, 0.6) is 0 Å². The van der Waals surface area contributed by atoms with Gasteiger partial charge in [-0.2, -0.15) is 0 Å². The van der Waals surface area contributed by atoms with Crippen molar-refractivity contribution in [3.63, 3.8) is 0 Å². The number of hydrogen-bond donors (Lipinski definition) is 0. The molecule has 0 aromatic carbocycles. The number of esters is 1. The van der Waals surface area contributed by atoms with Crippen LogP contribution in [-0.4, -0.2) is 19.5 Å². The third-order valence-corrected chi connectivity index (χ3v) is 0.287. The van der Waals surface area contributed by atoms with Gasteiger partial charge >= 0.3 is 5.97 Å². The van der Waals surface area contributed by atoms with Crippen molar-refractivity contribution in [2.45, 2.75) is 6.92 Å². The predicted octanol–water partition coefficient (Wildman–Crippen LogP) is 1.03. The molecular weight excluding hydrogens is 115 g/mol. The Morgan fingerprint density at radius 2 is 1.71 bits per heavy atom. The van der Waals surface area contributed by atoms with E-state index in [1.54, 1.807) is 0 Å². The first-order valence-corrected chi connectivity index (χ1v) is 2.45. The van der Waals surface area contributed by atoms with Gasteiger partial charge in [-0.15, -0.1) is 11.6 Å². The highest BCUT2D eigenvalue weighted by atomic mass is 35.5. The Hall–Kier alpha value is -0.240. The van der Waals surface area contributed by atoms with Crippen LogP contribution >= 0.6 is 11.6 Å². The van der Waals surface area contributed by atoms with Gasteiger partial charge in [0, 0.05) is 13.3 Å². The summed E-state index contributed by atoms with van der Waals surface area (Å²) in [5, 5.41) is 0. The first-order valence-electron chi connectivity index (χ1n) is 1.69. The Kier molecular flexibility index (Phi) is 13.1. The van der Waals surface area contributed by atoms with Crippen LogP contribution in [0.2, 0.25) is 0 Å². The van der Waals surface area contributed by atoms with E-state index in [0.717, 1.165) is 0 Å². The van der Waals surface area contributed by atoms with E-state index in [0.29, 0.717) is 0 Å². The highest BCUT2D eigenvalue weighted by Gasteiger charge is 1.75. The second-order valence-corrected chi connectivity index (χ2v) is 0.696. The fraction of sp³-hybridized carbons (Fsp3) is 0.750. The monoisotopic (exact) mass is 124 g/mol. The summed E-state index contributed by atoms with van der Waals surface area (Å²) in [5.74, 6) is -0.245. The topological polar surface area (TPSA) is 26.3 Å². The van der Waals surface area contributed by atoms with Crippen molar-refractivity contribution in [2.24, 2.45) is 0 Å². The normalized spacial score (nSPS) is 5.71. The van der Waals surface area contributed by atoms with Gasteiger partial charge in [0.1, 0.15) is 0 Å². The Morgan fingerprint density at radius 1 is 1.57 bits per heavy atom. The fourth-order valence-corrected chi connectivity index (χ4v) is 0. The maximum Gasteiger partial charge on any atom is 0.302 e. The number of halogens is 1. The minimum absolute atomic E-state index is 0.245. The molecule has 0 saturated carbocycles. The van der Waals surface area contributed by atoms with E-state index in [9.17, 15) is 4.79 Å². The lowest BCUT2D eigenvalue weighted by Gasteiger charge is -1.80. The lowest BCUT2D eigenvalue weighted by atomic mass is 10.8. The summed E-state index contributed by atoms with van der Waals surface area (Å²) < 4.78 is 4.11. The maximum atomic E-state index is 9.59. The summed E-state index contributed by atoms with van der Waals surface area (Å²) in [6.07, 6.45) is 1.47. The van der Waals surface area contributed by atoms with Gasteiger partial charge in [-0.25, -0.2) is 0 Å². The number of carbonyl (C=O) groups is 1. The van der Waals surface area contributed by atoms with Gasteiger partial charge < -0.3 is 4.74 Å². The highest BCUT2D eigenvalue weighted by molar-refractivity contribution is 6.15. The van der Waals surface area contributed by atoms with Gasteiger partial charge in [0.2, 0.25) is 0 Å². The van der Waals surface area contributed by atoms with E-state index in [-0.39, 0.29) is 5.97 Å². The molecule has 3 heteroatoms. The minimum Gasteiger partial charge on any atom is -0.469 e. The smallest absolute Gasteiger partial charge is 0.302 e. The molecule has 0 unspecified atom stereocenters. The molecule has 0 radical (unpaired) electrons. The van der Waals surface area contributed by atoms with Gasteiger partial charge in [0.25, 0.3) is 0 Å². The lowest BCUT2D eigenvalue weighted by Crippen LogP contribution is -1.88. The average molecular weight is 125 g/mol. The molecule has 0 N–H and O–H groups in total. The Bertz CT molecular complexity index is 45.0. The standard InChI is InChI=1S/C3H6O2.CH3Cl/c1-3(4)5-2;1-2/h1-2H3;1H3. The molecule has 0 aliphatic carbocycles. The van der Waals surface area contributed by atoms with Crippen molar-refractivity contribution in [1.29, 1.82) is 0 Å². The SMILES string of the molecule is CCl.COC(C)=O. The summed E-state index contributed by atoms with van der Waals surface area (Å²) in [6.45, 7) is 1.36. The fourth-order valence-electron chi connectivity index (χ4n) is 0. The molecule has 0 aromatic rings. The zero-order valence-electron chi connectivity index (χ0n) is 4.69. The first-order chi connectivity index (χ1) is 3.27. The molecule has 0 rings (SSSR count).